The highest BCUT2D eigenvalue weighted by Gasteiger charge is 2.12. The molecule has 0 radical (unpaired) electrons. The third-order valence-corrected chi connectivity index (χ3v) is 2.98. The number of rotatable bonds is 4. The Morgan fingerprint density at radius 2 is 1.89 bits per heavy atom. The number of nitrogens with one attached hydrogen (secondary N) is 2. The van der Waals surface area contributed by atoms with Crippen molar-refractivity contribution in [3.8, 4) is 0 Å². The summed E-state index contributed by atoms with van der Waals surface area (Å²) in [6, 6.07) is 7.78. The first kappa shape index (κ1) is 12.4. The van der Waals surface area contributed by atoms with Crippen molar-refractivity contribution < 1.29 is 4.79 Å². The number of carbonyl (C=O) groups excluding carboxylic acids is 1. The summed E-state index contributed by atoms with van der Waals surface area (Å²) in [6.07, 6.45) is 3.36. The lowest BCUT2D eigenvalue weighted by Crippen LogP contribution is -2.15. The molecule has 0 saturated carbocycles. The fourth-order valence-electron chi connectivity index (χ4n) is 1.97. The second-order valence-electron chi connectivity index (χ2n) is 4.08. The Balaban J connectivity index is 2.30. The summed E-state index contributed by atoms with van der Waals surface area (Å²) < 4.78 is 0. The number of carbonyl (C=O) groups is 1. The Bertz CT molecular complexity index is 510. The first-order chi connectivity index (χ1) is 8.76. The monoisotopic (exact) mass is 243 g/mol. The van der Waals surface area contributed by atoms with Gasteiger partial charge >= 0.3 is 0 Å². The van der Waals surface area contributed by atoms with Gasteiger partial charge in [-0.25, -0.2) is 0 Å². The summed E-state index contributed by atoms with van der Waals surface area (Å²) in [7, 11) is 0. The fraction of sp³-hybridized carbons (Fsp3) is 0.286. The molecule has 2 N–H and O–H groups in total. The summed E-state index contributed by atoms with van der Waals surface area (Å²) >= 11 is 0. The SMILES string of the molecule is CCc1cccc(CC)c1NC(=O)c1ccn[nH]1. The number of H-pyrrole nitrogens is 1. The van der Waals surface area contributed by atoms with Crippen molar-refractivity contribution in [1.29, 1.82) is 0 Å². The Morgan fingerprint density at radius 3 is 2.39 bits per heavy atom. The fourth-order valence-corrected chi connectivity index (χ4v) is 1.97. The Kier molecular flexibility index (Phi) is 3.77. The smallest absolute Gasteiger partial charge is 0.273 e. The molecule has 2 rings (SSSR count). The van der Waals surface area contributed by atoms with Gasteiger partial charge in [0.2, 0.25) is 0 Å². The van der Waals surface area contributed by atoms with E-state index in [1.54, 1.807) is 12.3 Å². The lowest BCUT2D eigenvalue weighted by atomic mass is 10.0. The first-order valence-corrected chi connectivity index (χ1v) is 6.17. The van der Waals surface area contributed by atoms with Crippen LogP contribution in [0.3, 0.4) is 0 Å². The van der Waals surface area contributed by atoms with Crippen LogP contribution in [0.5, 0.6) is 0 Å². The average Bonchev–Trinajstić information content (AvgIpc) is 2.93. The lowest BCUT2D eigenvalue weighted by molar-refractivity contribution is 0.102. The van der Waals surface area contributed by atoms with Crippen molar-refractivity contribution in [2.45, 2.75) is 26.7 Å². The topological polar surface area (TPSA) is 57.8 Å². The van der Waals surface area contributed by atoms with Crippen molar-refractivity contribution in [3.63, 3.8) is 0 Å². The highest BCUT2D eigenvalue weighted by atomic mass is 16.1. The minimum Gasteiger partial charge on any atom is -0.320 e. The van der Waals surface area contributed by atoms with E-state index in [4.69, 9.17) is 0 Å². The standard InChI is InChI=1S/C14H17N3O/c1-3-10-6-5-7-11(4-2)13(10)16-14(18)12-8-9-15-17-12/h5-9H,3-4H2,1-2H3,(H,15,17)(H,16,18). The van der Waals surface area contributed by atoms with Crippen molar-refractivity contribution in [1.82, 2.24) is 10.2 Å². The lowest BCUT2D eigenvalue weighted by Gasteiger charge is -2.13. The molecule has 4 heteroatoms. The molecule has 0 bridgehead atoms. The Hall–Kier alpha value is -2.10. The predicted molar refractivity (Wildman–Crippen MR) is 71.7 cm³/mol. The zero-order chi connectivity index (χ0) is 13.0. The van der Waals surface area contributed by atoms with E-state index in [1.165, 1.54) is 0 Å². The molecule has 0 aliphatic carbocycles. The van der Waals surface area contributed by atoms with Gasteiger partial charge in [0, 0.05) is 11.9 Å². The molecule has 0 spiro atoms. The van der Waals surface area contributed by atoms with Crippen LogP contribution in [0.2, 0.25) is 0 Å². The summed E-state index contributed by atoms with van der Waals surface area (Å²) in [5.41, 5.74) is 3.72. The normalized spacial score (nSPS) is 10.3. The van der Waals surface area contributed by atoms with Gasteiger partial charge in [0.05, 0.1) is 0 Å². The zero-order valence-electron chi connectivity index (χ0n) is 10.7. The number of hydrogen-bond donors (Lipinski definition) is 2. The number of benzene rings is 1. The number of nitrogens with zero attached hydrogens (tertiary/aromatic N) is 1. The Morgan fingerprint density at radius 1 is 1.22 bits per heavy atom. The number of aromatic amines is 1. The van der Waals surface area contributed by atoms with Gasteiger partial charge in [-0.05, 0) is 30.0 Å². The van der Waals surface area contributed by atoms with Crippen molar-refractivity contribution in [2.24, 2.45) is 0 Å². The van der Waals surface area contributed by atoms with Gasteiger partial charge in [-0.1, -0.05) is 32.0 Å². The summed E-state index contributed by atoms with van der Waals surface area (Å²) in [5.74, 6) is -0.150. The Labute approximate surface area is 106 Å². The van der Waals surface area contributed by atoms with Gasteiger partial charge in [-0.15, -0.1) is 0 Å². The van der Waals surface area contributed by atoms with Gasteiger partial charge in [-0.3, -0.25) is 9.89 Å². The molecule has 1 amide bonds. The number of amides is 1. The molecule has 1 heterocycles. The van der Waals surface area contributed by atoms with Crippen LogP contribution < -0.4 is 5.32 Å². The van der Waals surface area contributed by atoms with Crippen molar-refractivity contribution in [2.75, 3.05) is 5.32 Å². The molecule has 0 fully saturated rings. The third-order valence-electron chi connectivity index (χ3n) is 2.98. The minimum atomic E-state index is -0.150. The van der Waals surface area contributed by atoms with E-state index >= 15 is 0 Å². The van der Waals surface area contributed by atoms with E-state index in [9.17, 15) is 4.79 Å². The maximum atomic E-state index is 12.0. The average molecular weight is 243 g/mol. The highest BCUT2D eigenvalue weighted by Crippen LogP contribution is 2.23. The largest absolute Gasteiger partial charge is 0.320 e. The van der Waals surface area contributed by atoms with Crippen LogP contribution in [0, 0.1) is 0 Å². The second-order valence-corrected chi connectivity index (χ2v) is 4.08. The molecule has 2 aromatic rings. The van der Waals surface area contributed by atoms with E-state index in [2.05, 4.69) is 29.4 Å². The summed E-state index contributed by atoms with van der Waals surface area (Å²) in [4.78, 5) is 12.0. The number of para-hydroxylation sites is 1. The molecule has 1 aromatic heterocycles. The maximum Gasteiger partial charge on any atom is 0.273 e. The van der Waals surface area contributed by atoms with E-state index in [-0.39, 0.29) is 5.91 Å². The molecule has 4 nitrogen and oxygen atoms in total. The van der Waals surface area contributed by atoms with E-state index in [0.717, 1.165) is 29.7 Å². The summed E-state index contributed by atoms with van der Waals surface area (Å²) in [5, 5.41) is 9.43. The van der Waals surface area contributed by atoms with Gasteiger partial charge in [-0.2, -0.15) is 5.10 Å². The van der Waals surface area contributed by atoms with E-state index in [1.807, 2.05) is 18.2 Å². The van der Waals surface area contributed by atoms with Crippen molar-refractivity contribution in [3.05, 3.63) is 47.3 Å². The molecule has 0 aliphatic rings. The van der Waals surface area contributed by atoms with Gasteiger partial charge in [0.1, 0.15) is 5.69 Å². The number of anilines is 1. The van der Waals surface area contributed by atoms with Gasteiger partial charge in [0.25, 0.3) is 5.91 Å². The minimum absolute atomic E-state index is 0.150. The number of aryl methyl sites for hydroxylation is 2. The van der Waals surface area contributed by atoms with Crippen LogP contribution in [-0.4, -0.2) is 16.1 Å². The second kappa shape index (κ2) is 5.49. The van der Waals surface area contributed by atoms with Crippen LogP contribution in [-0.2, 0) is 12.8 Å². The zero-order valence-corrected chi connectivity index (χ0v) is 10.7. The molecule has 0 unspecified atom stereocenters. The number of aromatic nitrogens is 2. The molecule has 1 aromatic carbocycles. The van der Waals surface area contributed by atoms with E-state index in [0.29, 0.717) is 5.69 Å². The molecule has 0 atom stereocenters. The molecular formula is C14H17N3O. The van der Waals surface area contributed by atoms with E-state index < -0.39 is 0 Å². The molecular weight excluding hydrogens is 226 g/mol. The van der Waals surface area contributed by atoms with Crippen LogP contribution in [0.4, 0.5) is 5.69 Å². The van der Waals surface area contributed by atoms with Crippen LogP contribution in [0.1, 0.15) is 35.5 Å². The first-order valence-electron chi connectivity index (χ1n) is 6.17. The quantitative estimate of drug-likeness (QED) is 0.867. The molecule has 18 heavy (non-hydrogen) atoms. The third kappa shape index (κ3) is 2.42. The van der Waals surface area contributed by atoms with Crippen LogP contribution in [0.25, 0.3) is 0 Å². The molecule has 0 saturated heterocycles. The van der Waals surface area contributed by atoms with Gasteiger partial charge in [0.15, 0.2) is 0 Å². The number of hydrogen-bond acceptors (Lipinski definition) is 2. The van der Waals surface area contributed by atoms with Crippen LogP contribution >= 0.6 is 0 Å². The maximum absolute atomic E-state index is 12.0. The molecule has 0 aliphatic heterocycles. The predicted octanol–water partition coefficient (Wildman–Crippen LogP) is 2.79. The highest BCUT2D eigenvalue weighted by molar-refractivity contribution is 6.03. The molecule has 94 valence electrons. The van der Waals surface area contributed by atoms with Crippen LogP contribution in [0.15, 0.2) is 30.5 Å². The van der Waals surface area contributed by atoms with Crippen molar-refractivity contribution >= 4 is 11.6 Å². The van der Waals surface area contributed by atoms with Gasteiger partial charge < -0.3 is 5.32 Å². The summed E-state index contributed by atoms with van der Waals surface area (Å²) in [6.45, 7) is 4.17.